The lowest BCUT2D eigenvalue weighted by Gasteiger charge is -2.18. The summed E-state index contributed by atoms with van der Waals surface area (Å²) in [6.07, 6.45) is 2.01. The molecule has 0 fully saturated rings. The van der Waals surface area contributed by atoms with E-state index in [9.17, 15) is 4.79 Å². The van der Waals surface area contributed by atoms with Crippen molar-refractivity contribution in [3.8, 4) is 11.5 Å². The van der Waals surface area contributed by atoms with Gasteiger partial charge in [0, 0.05) is 24.9 Å². The van der Waals surface area contributed by atoms with Gasteiger partial charge >= 0.3 is 0 Å². The molecule has 19 heavy (non-hydrogen) atoms. The molecule has 6 heteroatoms. The Morgan fingerprint density at radius 3 is 2.58 bits per heavy atom. The molecule has 0 aliphatic heterocycles. The van der Waals surface area contributed by atoms with Gasteiger partial charge in [-0.25, -0.2) is 0 Å². The average molecular weight is 304 g/mol. The van der Waals surface area contributed by atoms with Crippen molar-refractivity contribution in [2.75, 3.05) is 39.8 Å². The van der Waals surface area contributed by atoms with Crippen LogP contribution in [0.4, 0.5) is 0 Å². The minimum Gasteiger partial charge on any atom is -0.493 e. The summed E-state index contributed by atoms with van der Waals surface area (Å²) in [5.41, 5.74) is 0.492. The van der Waals surface area contributed by atoms with Crippen LogP contribution in [0, 0.1) is 0 Å². The lowest BCUT2D eigenvalue weighted by atomic mass is 10.1. The topological polar surface area (TPSA) is 38.8 Å². The van der Waals surface area contributed by atoms with Crippen LogP contribution < -0.4 is 9.47 Å². The summed E-state index contributed by atoms with van der Waals surface area (Å²) in [6, 6.07) is 3.24. The third kappa shape index (κ3) is 3.94. The second-order valence-corrected chi connectivity index (χ2v) is 5.31. The SMILES string of the molecule is COc1cc(C(=O)N(C)CCSC)cc(Cl)c1OC. The number of nitrogens with zero attached hydrogens (tertiary/aromatic N) is 1. The van der Waals surface area contributed by atoms with Crippen molar-refractivity contribution in [1.29, 1.82) is 0 Å². The largest absolute Gasteiger partial charge is 0.493 e. The van der Waals surface area contributed by atoms with E-state index in [1.165, 1.54) is 14.2 Å². The number of amides is 1. The van der Waals surface area contributed by atoms with Crippen LogP contribution >= 0.6 is 23.4 Å². The third-order valence-corrected chi connectivity index (χ3v) is 3.53. The summed E-state index contributed by atoms with van der Waals surface area (Å²) >= 11 is 7.78. The van der Waals surface area contributed by atoms with E-state index in [-0.39, 0.29) is 5.91 Å². The predicted molar refractivity (Wildman–Crippen MR) is 79.9 cm³/mol. The summed E-state index contributed by atoms with van der Waals surface area (Å²) in [7, 11) is 4.79. The molecule has 0 aliphatic rings. The molecule has 0 atom stereocenters. The summed E-state index contributed by atoms with van der Waals surface area (Å²) < 4.78 is 10.3. The lowest BCUT2D eigenvalue weighted by molar-refractivity contribution is 0.0803. The zero-order chi connectivity index (χ0) is 14.4. The van der Waals surface area contributed by atoms with Crippen molar-refractivity contribution >= 4 is 29.3 Å². The van der Waals surface area contributed by atoms with E-state index in [1.807, 2.05) is 6.26 Å². The number of halogens is 1. The summed E-state index contributed by atoms with van der Waals surface area (Å²) in [4.78, 5) is 13.9. The van der Waals surface area contributed by atoms with Gasteiger partial charge in [-0.2, -0.15) is 11.8 Å². The number of methoxy groups -OCH3 is 2. The van der Waals surface area contributed by atoms with Crippen molar-refractivity contribution in [3.63, 3.8) is 0 Å². The fraction of sp³-hybridized carbons (Fsp3) is 0.462. The highest BCUT2D eigenvalue weighted by Crippen LogP contribution is 2.36. The van der Waals surface area contributed by atoms with Crippen LogP contribution in [0.1, 0.15) is 10.4 Å². The first-order valence-electron chi connectivity index (χ1n) is 5.71. The quantitative estimate of drug-likeness (QED) is 0.810. The Morgan fingerprint density at radius 1 is 1.37 bits per heavy atom. The van der Waals surface area contributed by atoms with Crippen molar-refractivity contribution in [3.05, 3.63) is 22.7 Å². The van der Waals surface area contributed by atoms with Crippen LogP contribution in [-0.2, 0) is 0 Å². The van der Waals surface area contributed by atoms with Crippen molar-refractivity contribution in [2.24, 2.45) is 0 Å². The van der Waals surface area contributed by atoms with Crippen LogP contribution in [0.2, 0.25) is 5.02 Å². The Balaban J connectivity index is 3.01. The van der Waals surface area contributed by atoms with E-state index in [0.717, 1.165) is 5.75 Å². The smallest absolute Gasteiger partial charge is 0.253 e. The van der Waals surface area contributed by atoms with Gasteiger partial charge in [-0.3, -0.25) is 4.79 Å². The van der Waals surface area contributed by atoms with Gasteiger partial charge in [-0.05, 0) is 18.4 Å². The average Bonchev–Trinajstić information content (AvgIpc) is 2.42. The van der Waals surface area contributed by atoms with Crippen LogP contribution in [0.25, 0.3) is 0 Å². The molecule has 0 saturated carbocycles. The van der Waals surface area contributed by atoms with Gasteiger partial charge in [0.2, 0.25) is 0 Å². The number of benzene rings is 1. The molecule has 0 N–H and O–H groups in total. The minimum absolute atomic E-state index is 0.0862. The van der Waals surface area contributed by atoms with Gasteiger partial charge in [-0.15, -0.1) is 0 Å². The van der Waals surface area contributed by atoms with Gasteiger partial charge in [0.15, 0.2) is 11.5 Å². The monoisotopic (exact) mass is 303 g/mol. The van der Waals surface area contributed by atoms with E-state index >= 15 is 0 Å². The van der Waals surface area contributed by atoms with Crippen LogP contribution in [0.15, 0.2) is 12.1 Å². The number of hydrogen-bond donors (Lipinski definition) is 0. The first-order chi connectivity index (χ1) is 9.04. The van der Waals surface area contributed by atoms with Crippen molar-refractivity contribution < 1.29 is 14.3 Å². The van der Waals surface area contributed by atoms with Gasteiger partial charge in [0.25, 0.3) is 5.91 Å². The number of hydrogen-bond acceptors (Lipinski definition) is 4. The van der Waals surface area contributed by atoms with Gasteiger partial charge in [0.1, 0.15) is 0 Å². The standard InChI is InChI=1S/C13H18ClNO3S/c1-15(5-6-19-4)13(16)9-7-10(14)12(18-3)11(8-9)17-2/h7-8H,5-6H2,1-4H3. The van der Waals surface area contributed by atoms with Gasteiger partial charge < -0.3 is 14.4 Å². The second kappa shape index (κ2) is 7.50. The molecule has 0 spiro atoms. The van der Waals surface area contributed by atoms with Crippen molar-refractivity contribution in [1.82, 2.24) is 4.90 Å². The first-order valence-corrected chi connectivity index (χ1v) is 7.48. The number of thioether (sulfide) groups is 1. The molecule has 0 aliphatic carbocycles. The summed E-state index contributed by atoms with van der Waals surface area (Å²) in [6.45, 7) is 0.686. The highest BCUT2D eigenvalue weighted by molar-refractivity contribution is 7.98. The molecule has 0 unspecified atom stereocenters. The van der Waals surface area contributed by atoms with E-state index in [0.29, 0.717) is 28.6 Å². The molecule has 0 heterocycles. The Morgan fingerprint density at radius 2 is 2.05 bits per heavy atom. The zero-order valence-corrected chi connectivity index (χ0v) is 13.1. The molecule has 4 nitrogen and oxygen atoms in total. The van der Waals surface area contributed by atoms with Gasteiger partial charge in [0.05, 0.1) is 19.2 Å². The highest BCUT2D eigenvalue weighted by atomic mass is 35.5. The Hall–Kier alpha value is -1.07. The van der Waals surface area contributed by atoms with Crippen LogP contribution in [-0.4, -0.2) is 50.6 Å². The molecule has 1 aromatic carbocycles. The molecule has 0 saturated heterocycles. The Labute approximate surface area is 123 Å². The molecule has 0 aromatic heterocycles. The molecule has 1 amide bonds. The molecule has 1 rings (SSSR count). The fourth-order valence-electron chi connectivity index (χ4n) is 1.59. The number of ether oxygens (including phenoxy) is 2. The Bertz CT molecular complexity index is 454. The predicted octanol–water partition coefficient (Wildman–Crippen LogP) is 2.79. The molecule has 0 radical (unpaired) electrons. The van der Waals surface area contributed by atoms with E-state index < -0.39 is 0 Å². The molecule has 106 valence electrons. The van der Waals surface area contributed by atoms with Crippen molar-refractivity contribution in [2.45, 2.75) is 0 Å². The maximum atomic E-state index is 12.2. The lowest BCUT2D eigenvalue weighted by Crippen LogP contribution is -2.28. The molecular weight excluding hydrogens is 286 g/mol. The minimum atomic E-state index is -0.0862. The summed E-state index contributed by atoms with van der Waals surface area (Å²) in [5.74, 6) is 1.70. The van der Waals surface area contributed by atoms with E-state index in [2.05, 4.69) is 0 Å². The Kier molecular flexibility index (Phi) is 6.31. The van der Waals surface area contributed by atoms with E-state index in [1.54, 1.807) is 35.8 Å². The maximum absolute atomic E-state index is 12.2. The zero-order valence-electron chi connectivity index (χ0n) is 11.5. The molecule has 0 bridgehead atoms. The summed E-state index contributed by atoms with van der Waals surface area (Å²) in [5, 5.41) is 0.364. The number of carbonyl (C=O) groups is 1. The maximum Gasteiger partial charge on any atom is 0.253 e. The van der Waals surface area contributed by atoms with E-state index in [4.69, 9.17) is 21.1 Å². The third-order valence-electron chi connectivity index (χ3n) is 2.66. The second-order valence-electron chi connectivity index (χ2n) is 3.91. The normalized spacial score (nSPS) is 10.2. The van der Waals surface area contributed by atoms with Gasteiger partial charge in [-0.1, -0.05) is 11.6 Å². The fourth-order valence-corrected chi connectivity index (χ4v) is 2.34. The molecule has 1 aromatic rings. The molecular formula is C13H18ClNO3S. The number of carbonyl (C=O) groups excluding carboxylic acids is 1. The first kappa shape index (κ1) is 16.0. The highest BCUT2D eigenvalue weighted by Gasteiger charge is 2.17. The number of rotatable bonds is 6. The van der Waals surface area contributed by atoms with Crippen LogP contribution in [0.3, 0.4) is 0 Å². The van der Waals surface area contributed by atoms with Crippen LogP contribution in [0.5, 0.6) is 11.5 Å².